The molecule has 2 heterocycles. The van der Waals surface area contributed by atoms with Gasteiger partial charge in [0.05, 0.1) is 12.8 Å². The third-order valence-corrected chi connectivity index (χ3v) is 4.55. The molecule has 1 aliphatic rings. The lowest BCUT2D eigenvalue weighted by atomic mass is 9.90. The van der Waals surface area contributed by atoms with E-state index in [0.717, 1.165) is 35.6 Å². The Labute approximate surface area is 121 Å². The van der Waals surface area contributed by atoms with Gasteiger partial charge in [0.15, 0.2) is 0 Å². The highest BCUT2D eigenvalue weighted by atomic mass is 79.9. The Morgan fingerprint density at radius 3 is 3.05 bits per heavy atom. The van der Waals surface area contributed by atoms with Crippen molar-refractivity contribution >= 4 is 15.9 Å². The molecule has 0 radical (unpaired) electrons. The van der Waals surface area contributed by atoms with Gasteiger partial charge >= 0.3 is 0 Å². The second-order valence-corrected chi connectivity index (χ2v) is 5.77. The molecule has 1 aliphatic heterocycles. The summed E-state index contributed by atoms with van der Waals surface area (Å²) in [5.41, 5.74) is 2.69. The van der Waals surface area contributed by atoms with Crippen molar-refractivity contribution in [2.45, 2.75) is 32.2 Å². The first kappa shape index (κ1) is 12.7. The van der Waals surface area contributed by atoms with Crippen molar-refractivity contribution in [1.29, 1.82) is 0 Å². The van der Waals surface area contributed by atoms with Gasteiger partial charge in [0.25, 0.3) is 0 Å². The van der Waals surface area contributed by atoms with Crippen molar-refractivity contribution in [3.05, 3.63) is 46.0 Å². The monoisotopic (exact) mass is 320 g/mol. The number of ether oxygens (including phenoxy) is 1. The number of methoxy groups -OCH3 is 1. The summed E-state index contributed by atoms with van der Waals surface area (Å²) in [7, 11) is 1.72. The Morgan fingerprint density at radius 1 is 1.42 bits per heavy atom. The maximum absolute atomic E-state index is 5.32. The van der Waals surface area contributed by atoms with Gasteiger partial charge in [-0.05, 0) is 53.4 Å². The SMILES string of the molecule is COc1cccc(C2CCc3c(Br)nc(C)n3C2)c1. The molecule has 2 aromatic rings. The van der Waals surface area contributed by atoms with Crippen LogP contribution >= 0.6 is 15.9 Å². The Balaban J connectivity index is 1.90. The van der Waals surface area contributed by atoms with Crippen LogP contribution in [0.2, 0.25) is 0 Å². The summed E-state index contributed by atoms with van der Waals surface area (Å²) in [4.78, 5) is 4.51. The van der Waals surface area contributed by atoms with E-state index >= 15 is 0 Å². The van der Waals surface area contributed by atoms with Gasteiger partial charge in [-0.1, -0.05) is 12.1 Å². The van der Waals surface area contributed by atoms with E-state index in [1.807, 2.05) is 6.07 Å². The highest BCUT2D eigenvalue weighted by Gasteiger charge is 2.24. The summed E-state index contributed by atoms with van der Waals surface area (Å²) in [6.07, 6.45) is 2.24. The van der Waals surface area contributed by atoms with E-state index in [1.54, 1.807) is 7.11 Å². The standard InChI is InChI=1S/C15H17BrN2O/c1-10-17-15(16)14-7-6-12(9-18(10)14)11-4-3-5-13(8-11)19-2/h3-5,8,12H,6-7,9H2,1-2H3. The first-order chi connectivity index (χ1) is 9.19. The number of imidazole rings is 1. The molecule has 1 unspecified atom stereocenters. The second-order valence-electron chi connectivity index (χ2n) is 5.02. The number of nitrogens with zero attached hydrogens (tertiary/aromatic N) is 2. The van der Waals surface area contributed by atoms with E-state index in [1.165, 1.54) is 11.3 Å². The molecule has 1 aromatic carbocycles. The van der Waals surface area contributed by atoms with Crippen molar-refractivity contribution in [3.63, 3.8) is 0 Å². The molecule has 0 saturated heterocycles. The molecule has 0 spiro atoms. The lowest BCUT2D eigenvalue weighted by Gasteiger charge is -2.25. The van der Waals surface area contributed by atoms with Gasteiger partial charge in [0.1, 0.15) is 16.2 Å². The van der Waals surface area contributed by atoms with Crippen LogP contribution in [0.25, 0.3) is 0 Å². The molecule has 0 aliphatic carbocycles. The van der Waals surface area contributed by atoms with Crippen LogP contribution in [0.1, 0.15) is 29.4 Å². The third kappa shape index (κ3) is 2.29. The van der Waals surface area contributed by atoms with Crippen molar-refractivity contribution in [2.75, 3.05) is 7.11 Å². The summed E-state index contributed by atoms with van der Waals surface area (Å²) in [6, 6.07) is 8.41. The Morgan fingerprint density at radius 2 is 2.26 bits per heavy atom. The fraction of sp³-hybridized carbons (Fsp3) is 0.400. The number of hydrogen-bond acceptors (Lipinski definition) is 2. The smallest absolute Gasteiger partial charge is 0.127 e. The van der Waals surface area contributed by atoms with Crippen molar-refractivity contribution in [3.8, 4) is 5.75 Å². The molecule has 19 heavy (non-hydrogen) atoms. The molecule has 0 amide bonds. The topological polar surface area (TPSA) is 27.1 Å². The molecule has 3 rings (SSSR count). The molecule has 0 bridgehead atoms. The van der Waals surface area contributed by atoms with Gasteiger partial charge in [-0.3, -0.25) is 0 Å². The second kappa shape index (κ2) is 5.00. The number of aromatic nitrogens is 2. The van der Waals surface area contributed by atoms with E-state index in [4.69, 9.17) is 4.74 Å². The normalized spacial score (nSPS) is 18.2. The van der Waals surface area contributed by atoms with E-state index in [-0.39, 0.29) is 0 Å². The predicted octanol–water partition coefficient (Wildman–Crippen LogP) is 3.69. The van der Waals surface area contributed by atoms with Crippen LogP contribution in [0, 0.1) is 6.92 Å². The Bertz CT molecular complexity index is 606. The number of rotatable bonds is 2. The average molecular weight is 321 g/mol. The van der Waals surface area contributed by atoms with E-state index in [2.05, 4.69) is 50.6 Å². The predicted molar refractivity (Wildman–Crippen MR) is 78.7 cm³/mol. The zero-order chi connectivity index (χ0) is 13.4. The molecule has 0 N–H and O–H groups in total. The van der Waals surface area contributed by atoms with Crippen LogP contribution in [-0.2, 0) is 13.0 Å². The van der Waals surface area contributed by atoms with Gasteiger partial charge in [-0.25, -0.2) is 4.98 Å². The zero-order valence-electron chi connectivity index (χ0n) is 11.2. The minimum atomic E-state index is 0.544. The molecule has 0 fully saturated rings. The summed E-state index contributed by atoms with van der Waals surface area (Å²) in [6.45, 7) is 3.08. The van der Waals surface area contributed by atoms with Crippen molar-refractivity contribution < 1.29 is 4.74 Å². The van der Waals surface area contributed by atoms with Crippen LogP contribution in [-0.4, -0.2) is 16.7 Å². The molecule has 3 nitrogen and oxygen atoms in total. The first-order valence-corrected chi connectivity index (χ1v) is 7.34. The number of hydrogen-bond donors (Lipinski definition) is 0. The number of aryl methyl sites for hydroxylation is 1. The molecule has 1 aromatic heterocycles. The molecular formula is C15H17BrN2O. The highest BCUT2D eigenvalue weighted by Crippen LogP contribution is 2.33. The minimum Gasteiger partial charge on any atom is -0.497 e. The number of halogens is 1. The van der Waals surface area contributed by atoms with Gasteiger partial charge in [0.2, 0.25) is 0 Å². The fourth-order valence-electron chi connectivity index (χ4n) is 2.84. The lowest BCUT2D eigenvalue weighted by molar-refractivity contribution is 0.410. The average Bonchev–Trinajstić information content (AvgIpc) is 2.74. The lowest BCUT2D eigenvalue weighted by Crippen LogP contribution is -2.19. The minimum absolute atomic E-state index is 0.544. The maximum atomic E-state index is 5.32. The van der Waals surface area contributed by atoms with Gasteiger partial charge in [0, 0.05) is 12.5 Å². The summed E-state index contributed by atoms with van der Waals surface area (Å²) >= 11 is 3.55. The highest BCUT2D eigenvalue weighted by molar-refractivity contribution is 9.10. The van der Waals surface area contributed by atoms with Crippen LogP contribution in [0.4, 0.5) is 0 Å². The quantitative estimate of drug-likeness (QED) is 0.843. The third-order valence-electron chi connectivity index (χ3n) is 3.91. The summed E-state index contributed by atoms with van der Waals surface area (Å²) in [5.74, 6) is 2.57. The van der Waals surface area contributed by atoms with Gasteiger partial charge in [-0.15, -0.1) is 0 Å². The molecular weight excluding hydrogens is 304 g/mol. The summed E-state index contributed by atoms with van der Waals surface area (Å²) in [5, 5.41) is 0. The maximum Gasteiger partial charge on any atom is 0.127 e. The van der Waals surface area contributed by atoms with E-state index < -0.39 is 0 Å². The first-order valence-electron chi connectivity index (χ1n) is 6.54. The van der Waals surface area contributed by atoms with Crippen molar-refractivity contribution in [2.24, 2.45) is 0 Å². The number of fused-ring (bicyclic) bond motifs is 1. The van der Waals surface area contributed by atoms with Crippen molar-refractivity contribution in [1.82, 2.24) is 9.55 Å². The summed E-state index contributed by atoms with van der Waals surface area (Å²) < 4.78 is 8.66. The zero-order valence-corrected chi connectivity index (χ0v) is 12.8. The Hall–Kier alpha value is -1.29. The van der Waals surface area contributed by atoms with Gasteiger partial charge < -0.3 is 9.30 Å². The van der Waals surface area contributed by atoms with Crippen LogP contribution < -0.4 is 4.74 Å². The van der Waals surface area contributed by atoms with Crippen LogP contribution in [0.5, 0.6) is 5.75 Å². The molecule has 100 valence electrons. The molecule has 4 heteroatoms. The molecule has 1 atom stereocenters. The largest absolute Gasteiger partial charge is 0.497 e. The molecule has 0 saturated carbocycles. The number of benzene rings is 1. The van der Waals surface area contributed by atoms with Gasteiger partial charge in [-0.2, -0.15) is 0 Å². The van der Waals surface area contributed by atoms with Crippen LogP contribution in [0.3, 0.4) is 0 Å². The van der Waals surface area contributed by atoms with E-state index in [9.17, 15) is 0 Å². The Kier molecular flexibility index (Phi) is 3.35. The van der Waals surface area contributed by atoms with Crippen LogP contribution in [0.15, 0.2) is 28.9 Å². The fourth-order valence-corrected chi connectivity index (χ4v) is 3.51. The van der Waals surface area contributed by atoms with E-state index in [0.29, 0.717) is 5.92 Å².